The number of benzene rings is 2. The maximum Gasteiger partial charge on any atom is -0.0184 e. The zero-order chi connectivity index (χ0) is 21.1. The molecule has 154 valence electrons. The van der Waals surface area contributed by atoms with Crippen LogP contribution in [0.2, 0.25) is 0 Å². The molecule has 0 aliphatic carbocycles. The SMILES string of the molecule is CCC(C)C.CCC(C)C.CCC(C)C.c1ccc(-c2ccccc2)cc1. The molecule has 0 atom stereocenters. The molecule has 27 heavy (non-hydrogen) atoms. The van der Waals surface area contributed by atoms with Gasteiger partial charge < -0.3 is 0 Å². The largest absolute Gasteiger partial charge is 0.0651 e. The summed E-state index contributed by atoms with van der Waals surface area (Å²) in [7, 11) is 0. The molecule has 0 aromatic heterocycles. The summed E-state index contributed by atoms with van der Waals surface area (Å²) >= 11 is 0. The molecule has 0 aliphatic rings. The van der Waals surface area contributed by atoms with E-state index >= 15 is 0 Å². The van der Waals surface area contributed by atoms with Crippen LogP contribution in [0.25, 0.3) is 11.1 Å². The van der Waals surface area contributed by atoms with E-state index in [1.165, 1.54) is 30.4 Å². The first kappa shape index (κ1) is 27.7. The Morgan fingerprint density at radius 1 is 0.444 bits per heavy atom. The lowest BCUT2D eigenvalue weighted by Gasteiger charge is -1.98. The molecule has 0 saturated carbocycles. The van der Waals surface area contributed by atoms with Crippen molar-refractivity contribution in [1.29, 1.82) is 0 Å². The molecule has 0 aliphatic heterocycles. The van der Waals surface area contributed by atoms with E-state index in [1.54, 1.807) is 0 Å². The van der Waals surface area contributed by atoms with Crippen LogP contribution in [-0.2, 0) is 0 Å². The second kappa shape index (κ2) is 19.2. The first-order valence-electron chi connectivity index (χ1n) is 10.9. The van der Waals surface area contributed by atoms with E-state index < -0.39 is 0 Å². The standard InChI is InChI=1S/C12H10.3C5H12/c1-3-7-11(8-4-1)12-9-5-2-6-10-12;3*1-4-5(2)3/h1-10H;3*5H,4H2,1-3H3. The summed E-state index contributed by atoms with van der Waals surface area (Å²) in [6, 6.07) is 20.8. The van der Waals surface area contributed by atoms with Gasteiger partial charge in [-0.25, -0.2) is 0 Å². The van der Waals surface area contributed by atoms with Crippen LogP contribution >= 0.6 is 0 Å². The van der Waals surface area contributed by atoms with E-state index in [4.69, 9.17) is 0 Å². The molecule has 0 nitrogen and oxygen atoms in total. The maximum atomic E-state index is 2.22. The molecule has 0 radical (unpaired) electrons. The molecular weight excluding hydrogens is 324 g/mol. The molecule has 0 heteroatoms. The van der Waals surface area contributed by atoms with Gasteiger partial charge in [-0.15, -0.1) is 0 Å². The fourth-order valence-electron chi connectivity index (χ4n) is 1.26. The van der Waals surface area contributed by atoms with E-state index in [9.17, 15) is 0 Å². The van der Waals surface area contributed by atoms with Crippen LogP contribution in [0.3, 0.4) is 0 Å². The summed E-state index contributed by atoms with van der Waals surface area (Å²) in [4.78, 5) is 0. The van der Waals surface area contributed by atoms with E-state index in [1.807, 2.05) is 12.1 Å². The Bertz CT molecular complexity index is 438. The minimum atomic E-state index is 0.884. The smallest absolute Gasteiger partial charge is 0.0184 e. The lowest BCUT2D eigenvalue weighted by molar-refractivity contribution is 0.626. The fraction of sp³-hybridized carbons (Fsp3) is 0.556. The highest BCUT2D eigenvalue weighted by Gasteiger charge is 1.91. The van der Waals surface area contributed by atoms with E-state index in [-0.39, 0.29) is 0 Å². The summed E-state index contributed by atoms with van der Waals surface area (Å²) in [5.74, 6) is 2.65. The molecule has 0 amide bonds. The van der Waals surface area contributed by atoms with Gasteiger partial charge in [-0.1, -0.05) is 142 Å². The Hall–Kier alpha value is -1.56. The molecule has 2 rings (SSSR count). The predicted molar refractivity (Wildman–Crippen MR) is 127 cm³/mol. The Balaban J connectivity index is 0. The molecular formula is C27H46. The Morgan fingerprint density at radius 3 is 0.778 bits per heavy atom. The third kappa shape index (κ3) is 20.6. The molecule has 0 unspecified atom stereocenters. The minimum Gasteiger partial charge on any atom is -0.0651 e. The molecule has 2 aromatic carbocycles. The van der Waals surface area contributed by atoms with Crippen molar-refractivity contribution >= 4 is 0 Å². The van der Waals surface area contributed by atoms with Crippen LogP contribution in [0, 0.1) is 17.8 Å². The monoisotopic (exact) mass is 370 g/mol. The zero-order valence-corrected chi connectivity index (χ0v) is 19.6. The van der Waals surface area contributed by atoms with Gasteiger partial charge in [0.05, 0.1) is 0 Å². The topological polar surface area (TPSA) is 0 Å². The number of rotatable bonds is 4. The van der Waals surface area contributed by atoms with Crippen molar-refractivity contribution in [2.75, 3.05) is 0 Å². The number of hydrogen-bond donors (Lipinski definition) is 0. The van der Waals surface area contributed by atoms with Crippen molar-refractivity contribution in [2.45, 2.75) is 81.6 Å². The lowest BCUT2D eigenvalue weighted by Crippen LogP contribution is -1.77. The lowest BCUT2D eigenvalue weighted by atomic mass is 10.1. The van der Waals surface area contributed by atoms with Crippen LogP contribution in [0.1, 0.15) is 81.6 Å². The normalized spacial score (nSPS) is 9.63. The third-order valence-corrected chi connectivity index (χ3v) is 4.33. The van der Waals surface area contributed by atoms with Gasteiger partial charge >= 0.3 is 0 Å². The van der Waals surface area contributed by atoms with Crippen molar-refractivity contribution in [3.05, 3.63) is 60.7 Å². The summed E-state index contributed by atoms with van der Waals surface area (Å²) in [6.45, 7) is 19.9. The second-order valence-electron chi connectivity index (χ2n) is 8.14. The minimum absolute atomic E-state index is 0.884. The second-order valence-corrected chi connectivity index (χ2v) is 8.14. The Morgan fingerprint density at radius 2 is 0.630 bits per heavy atom. The van der Waals surface area contributed by atoms with Gasteiger partial charge in [0.15, 0.2) is 0 Å². The average molecular weight is 371 g/mol. The average Bonchev–Trinajstić information content (AvgIpc) is 2.70. The molecule has 2 aromatic rings. The molecule has 0 heterocycles. The van der Waals surface area contributed by atoms with Crippen molar-refractivity contribution < 1.29 is 0 Å². The summed E-state index contributed by atoms with van der Waals surface area (Å²) < 4.78 is 0. The third-order valence-electron chi connectivity index (χ3n) is 4.33. The molecule has 0 N–H and O–H groups in total. The summed E-state index contributed by atoms with van der Waals surface area (Å²) in [6.07, 6.45) is 3.92. The highest BCUT2D eigenvalue weighted by atomic mass is 14.0. The van der Waals surface area contributed by atoms with Crippen LogP contribution in [0.4, 0.5) is 0 Å². The van der Waals surface area contributed by atoms with Crippen LogP contribution in [-0.4, -0.2) is 0 Å². The predicted octanol–water partition coefficient (Wildman–Crippen LogP) is 9.51. The molecule has 0 saturated heterocycles. The zero-order valence-electron chi connectivity index (χ0n) is 19.6. The molecule has 0 bridgehead atoms. The van der Waals surface area contributed by atoms with Gasteiger partial charge in [0, 0.05) is 0 Å². The first-order valence-corrected chi connectivity index (χ1v) is 10.9. The van der Waals surface area contributed by atoms with Crippen LogP contribution < -0.4 is 0 Å². The molecule has 0 spiro atoms. The summed E-state index contributed by atoms with van der Waals surface area (Å²) in [5, 5.41) is 0. The van der Waals surface area contributed by atoms with E-state index in [0.29, 0.717) is 0 Å². The quantitative estimate of drug-likeness (QED) is 0.502. The van der Waals surface area contributed by atoms with Gasteiger partial charge in [-0.05, 0) is 28.9 Å². The molecule has 0 fully saturated rings. The van der Waals surface area contributed by atoms with Crippen LogP contribution in [0.5, 0.6) is 0 Å². The maximum absolute atomic E-state index is 2.22. The van der Waals surface area contributed by atoms with Crippen LogP contribution in [0.15, 0.2) is 60.7 Å². The van der Waals surface area contributed by atoms with Gasteiger partial charge in [0.2, 0.25) is 0 Å². The Labute approximate surface area is 171 Å². The highest BCUT2D eigenvalue weighted by Crippen LogP contribution is 2.17. The Kier molecular flexibility index (Phi) is 19.7. The first-order chi connectivity index (χ1) is 12.8. The van der Waals surface area contributed by atoms with Crippen molar-refractivity contribution in [3.63, 3.8) is 0 Å². The van der Waals surface area contributed by atoms with Crippen molar-refractivity contribution in [3.8, 4) is 11.1 Å². The van der Waals surface area contributed by atoms with E-state index in [2.05, 4.69) is 111 Å². The summed E-state index contributed by atoms with van der Waals surface area (Å²) in [5.41, 5.74) is 2.55. The van der Waals surface area contributed by atoms with E-state index in [0.717, 1.165) is 17.8 Å². The highest BCUT2D eigenvalue weighted by molar-refractivity contribution is 5.62. The van der Waals surface area contributed by atoms with Crippen molar-refractivity contribution in [1.82, 2.24) is 0 Å². The number of hydrogen-bond acceptors (Lipinski definition) is 0. The van der Waals surface area contributed by atoms with Gasteiger partial charge in [-0.3, -0.25) is 0 Å². The van der Waals surface area contributed by atoms with Gasteiger partial charge in [-0.2, -0.15) is 0 Å². The van der Waals surface area contributed by atoms with Gasteiger partial charge in [0.25, 0.3) is 0 Å². The van der Waals surface area contributed by atoms with Crippen molar-refractivity contribution in [2.24, 2.45) is 17.8 Å². The van der Waals surface area contributed by atoms with Gasteiger partial charge in [0.1, 0.15) is 0 Å². The fourth-order valence-corrected chi connectivity index (χ4v) is 1.26.